The van der Waals surface area contributed by atoms with Gasteiger partial charge in [0.15, 0.2) is 11.2 Å². The van der Waals surface area contributed by atoms with E-state index in [-0.39, 0.29) is 38.2 Å². The van der Waals surface area contributed by atoms with E-state index in [1.165, 1.54) is 13.8 Å². The Morgan fingerprint density at radius 1 is 1.14 bits per heavy atom. The number of anilines is 1. The number of fused-ring (bicyclic) bond motifs is 1. The SMILES string of the molecule is CCOC(=O)[C@H](C)NP(=O)(COCCn1cnc2c(OC3CC3)nc(N)nc21)N[C@@H](C)C(=O)OCC. The third-order valence-electron chi connectivity index (χ3n) is 5.09. The van der Waals surface area contributed by atoms with Crippen molar-refractivity contribution in [2.24, 2.45) is 0 Å². The maximum atomic E-state index is 13.6. The van der Waals surface area contributed by atoms with E-state index in [0.717, 1.165) is 12.8 Å². The second-order valence-corrected chi connectivity index (χ2v) is 10.6. The number of carbonyl (C=O) groups is 2. The van der Waals surface area contributed by atoms with Gasteiger partial charge >= 0.3 is 11.9 Å². The molecule has 0 bridgehead atoms. The Labute approximate surface area is 209 Å². The summed E-state index contributed by atoms with van der Waals surface area (Å²) in [5, 5.41) is 5.46. The molecule has 1 fully saturated rings. The zero-order valence-electron chi connectivity index (χ0n) is 20.9. The molecule has 0 unspecified atom stereocenters. The van der Waals surface area contributed by atoms with Gasteiger partial charge < -0.3 is 29.2 Å². The van der Waals surface area contributed by atoms with Crippen LogP contribution >= 0.6 is 7.44 Å². The highest BCUT2D eigenvalue weighted by atomic mass is 31.2. The largest absolute Gasteiger partial charge is 0.473 e. The highest BCUT2D eigenvalue weighted by Gasteiger charge is 2.32. The zero-order chi connectivity index (χ0) is 26.3. The molecular formula is C21H34N7O7P. The molecule has 36 heavy (non-hydrogen) atoms. The summed E-state index contributed by atoms with van der Waals surface area (Å²) >= 11 is 0. The van der Waals surface area contributed by atoms with Crippen LogP contribution in [0.5, 0.6) is 5.88 Å². The molecule has 0 amide bonds. The first-order valence-corrected chi connectivity index (χ1v) is 13.8. The number of nitrogens with zero attached hydrogens (tertiary/aromatic N) is 4. The van der Waals surface area contributed by atoms with Crippen molar-refractivity contribution in [1.29, 1.82) is 0 Å². The van der Waals surface area contributed by atoms with Gasteiger partial charge in [-0.25, -0.2) is 15.2 Å². The van der Waals surface area contributed by atoms with Crippen LogP contribution in [0.1, 0.15) is 40.5 Å². The molecule has 0 radical (unpaired) electrons. The summed E-state index contributed by atoms with van der Waals surface area (Å²) in [5.74, 6) is -0.734. The number of esters is 2. The quantitative estimate of drug-likeness (QED) is 0.171. The molecular weight excluding hydrogens is 493 g/mol. The normalized spacial score (nSPS) is 15.4. The first-order chi connectivity index (χ1) is 17.2. The molecule has 0 spiro atoms. The molecule has 2 aromatic rings. The lowest BCUT2D eigenvalue weighted by Gasteiger charge is -2.26. The topological polar surface area (TPSA) is 182 Å². The number of nitrogen functional groups attached to an aromatic ring is 1. The molecule has 3 rings (SSSR count). The maximum Gasteiger partial charge on any atom is 0.323 e. The van der Waals surface area contributed by atoms with Crippen molar-refractivity contribution < 1.29 is 33.1 Å². The van der Waals surface area contributed by atoms with E-state index in [1.807, 2.05) is 0 Å². The Morgan fingerprint density at radius 2 is 1.75 bits per heavy atom. The predicted molar refractivity (Wildman–Crippen MR) is 130 cm³/mol. The van der Waals surface area contributed by atoms with Gasteiger partial charge in [-0.05, 0) is 40.5 Å². The summed E-state index contributed by atoms with van der Waals surface area (Å²) in [6.45, 7) is 7.19. The van der Waals surface area contributed by atoms with Gasteiger partial charge in [0, 0.05) is 6.54 Å². The van der Waals surface area contributed by atoms with Crippen LogP contribution in [0.4, 0.5) is 5.95 Å². The maximum absolute atomic E-state index is 13.6. The fourth-order valence-electron chi connectivity index (χ4n) is 3.26. The summed E-state index contributed by atoms with van der Waals surface area (Å²) in [5.41, 5.74) is 6.83. The first kappa shape index (κ1) is 27.8. The number of nitrogens with one attached hydrogen (secondary N) is 2. The molecule has 200 valence electrons. The van der Waals surface area contributed by atoms with Gasteiger partial charge in [-0.3, -0.25) is 14.2 Å². The van der Waals surface area contributed by atoms with Gasteiger partial charge in [0.1, 0.15) is 24.5 Å². The van der Waals surface area contributed by atoms with E-state index >= 15 is 0 Å². The minimum Gasteiger partial charge on any atom is -0.473 e. The Kier molecular flexibility index (Phi) is 9.60. The van der Waals surface area contributed by atoms with E-state index in [4.69, 9.17) is 24.7 Å². The number of aromatic nitrogens is 4. The lowest BCUT2D eigenvalue weighted by atomic mass is 10.4. The van der Waals surface area contributed by atoms with Crippen molar-refractivity contribution in [2.45, 2.75) is 65.3 Å². The lowest BCUT2D eigenvalue weighted by molar-refractivity contribution is -0.145. The average molecular weight is 528 g/mol. The van der Waals surface area contributed by atoms with Crippen molar-refractivity contribution in [2.75, 3.05) is 31.9 Å². The van der Waals surface area contributed by atoms with Gasteiger partial charge in [0.25, 0.3) is 0 Å². The number of imidazole rings is 1. The molecule has 1 aliphatic carbocycles. The van der Waals surface area contributed by atoms with Gasteiger partial charge in [-0.1, -0.05) is 0 Å². The second kappa shape index (κ2) is 12.4. The van der Waals surface area contributed by atoms with E-state index in [9.17, 15) is 14.2 Å². The third-order valence-corrected chi connectivity index (χ3v) is 7.24. The summed E-state index contributed by atoms with van der Waals surface area (Å²) in [4.78, 5) is 36.9. The van der Waals surface area contributed by atoms with Crippen molar-refractivity contribution in [1.82, 2.24) is 29.7 Å². The van der Waals surface area contributed by atoms with E-state index < -0.39 is 31.5 Å². The monoisotopic (exact) mass is 527 g/mol. The molecule has 0 aromatic carbocycles. The predicted octanol–water partition coefficient (Wildman–Crippen LogP) is 1.20. The van der Waals surface area contributed by atoms with Crippen LogP contribution in [0.3, 0.4) is 0 Å². The molecule has 2 heterocycles. The fraction of sp³-hybridized carbons (Fsp3) is 0.667. The summed E-state index contributed by atoms with van der Waals surface area (Å²) in [6.07, 6.45) is 3.32. The Bertz CT molecular complexity index is 1080. The van der Waals surface area contributed by atoms with Crippen molar-refractivity contribution in [3.63, 3.8) is 0 Å². The molecule has 2 aromatic heterocycles. The van der Waals surface area contributed by atoms with Gasteiger partial charge in [-0.15, -0.1) is 0 Å². The number of rotatable bonds is 15. The second-order valence-electron chi connectivity index (χ2n) is 8.30. The van der Waals surface area contributed by atoms with Crippen LogP contribution < -0.4 is 20.6 Å². The summed E-state index contributed by atoms with van der Waals surface area (Å²) in [7, 11) is -3.58. The molecule has 0 aliphatic heterocycles. The molecule has 4 N–H and O–H groups in total. The Balaban J connectivity index is 1.64. The van der Waals surface area contributed by atoms with Gasteiger partial charge in [0.05, 0.1) is 26.1 Å². The van der Waals surface area contributed by atoms with Crippen LogP contribution in [0.25, 0.3) is 11.2 Å². The molecule has 1 saturated carbocycles. The number of hydrogen-bond donors (Lipinski definition) is 3. The molecule has 14 nitrogen and oxygen atoms in total. The van der Waals surface area contributed by atoms with Gasteiger partial charge in [0.2, 0.25) is 19.3 Å². The van der Waals surface area contributed by atoms with E-state index in [0.29, 0.717) is 23.6 Å². The molecule has 15 heteroatoms. The van der Waals surface area contributed by atoms with E-state index in [2.05, 4.69) is 25.1 Å². The van der Waals surface area contributed by atoms with Crippen LogP contribution in [-0.2, 0) is 34.9 Å². The average Bonchev–Trinajstić information content (AvgIpc) is 3.54. The summed E-state index contributed by atoms with van der Waals surface area (Å²) < 4.78 is 36.7. The fourth-order valence-corrected chi connectivity index (χ4v) is 5.33. The standard InChI is InChI=1S/C21H34N7O7P/c1-5-33-19(29)13(3)26-36(31,27-14(4)20(30)34-6-2)12-32-10-9-28-11-23-16-17(28)24-21(22)25-18(16)35-15-7-8-15/h11,13-15H,5-10,12H2,1-4H3,(H2,22,24,25)(H2,26,27,31)/t13-,14-/m0/s1. The Hall–Kier alpha value is -2.80. The molecule has 2 atom stereocenters. The van der Waals surface area contributed by atoms with Crippen molar-refractivity contribution in [3.05, 3.63) is 6.33 Å². The smallest absolute Gasteiger partial charge is 0.323 e. The lowest BCUT2D eigenvalue weighted by Crippen LogP contribution is -2.42. The number of ether oxygens (including phenoxy) is 4. The highest BCUT2D eigenvalue weighted by Crippen LogP contribution is 2.38. The molecule has 1 aliphatic rings. The van der Waals surface area contributed by atoms with E-state index in [1.54, 1.807) is 24.7 Å². The van der Waals surface area contributed by atoms with Crippen molar-refractivity contribution in [3.8, 4) is 5.88 Å². The first-order valence-electron chi connectivity index (χ1n) is 11.9. The van der Waals surface area contributed by atoms with Gasteiger partial charge in [-0.2, -0.15) is 9.97 Å². The van der Waals surface area contributed by atoms with Crippen LogP contribution in [0.15, 0.2) is 6.33 Å². The van der Waals surface area contributed by atoms with Crippen LogP contribution in [0.2, 0.25) is 0 Å². The van der Waals surface area contributed by atoms with Crippen LogP contribution in [0, 0.1) is 0 Å². The Morgan fingerprint density at radius 3 is 2.31 bits per heavy atom. The third kappa shape index (κ3) is 7.60. The highest BCUT2D eigenvalue weighted by molar-refractivity contribution is 7.59. The zero-order valence-corrected chi connectivity index (χ0v) is 21.8. The molecule has 0 saturated heterocycles. The summed E-state index contributed by atoms with van der Waals surface area (Å²) in [6, 6.07) is -1.80. The minimum atomic E-state index is -3.58. The van der Waals surface area contributed by atoms with Crippen LogP contribution in [-0.4, -0.2) is 75.8 Å². The number of carbonyl (C=O) groups excluding carboxylic acids is 2. The number of nitrogens with two attached hydrogens (primary N) is 1. The number of hydrogen-bond acceptors (Lipinski definition) is 11. The van der Waals surface area contributed by atoms with Crippen molar-refractivity contribution >= 4 is 36.5 Å². The minimum absolute atomic E-state index is 0.0691.